The van der Waals surface area contributed by atoms with Crippen LogP contribution in [0, 0.1) is 11.5 Å². The molecule has 2 rings (SSSR count). The monoisotopic (exact) mass is 341 g/mol. The van der Waals surface area contributed by atoms with E-state index in [4.69, 9.17) is 10.00 Å². The molecule has 8 heteroatoms. The molecule has 0 aliphatic heterocycles. The number of pyridine rings is 1. The molecule has 2 amide bonds. The summed E-state index contributed by atoms with van der Waals surface area (Å²) in [6.07, 6.45) is 5.93. The lowest BCUT2D eigenvalue weighted by Crippen LogP contribution is -2.33. The van der Waals surface area contributed by atoms with E-state index in [1.807, 2.05) is 17.4 Å². The van der Waals surface area contributed by atoms with Crippen molar-refractivity contribution in [2.75, 3.05) is 0 Å². The zero-order valence-electron chi connectivity index (χ0n) is 14.2. The molecule has 0 radical (unpaired) electrons. The average Bonchev–Trinajstić information content (AvgIpc) is 2.97. The smallest absolute Gasteiger partial charge is 0.418 e. The van der Waals surface area contributed by atoms with Crippen LogP contribution in [0.5, 0.6) is 0 Å². The highest BCUT2D eigenvalue weighted by molar-refractivity contribution is 5.77. The van der Waals surface area contributed by atoms with Gasteiger partial charge in [0.25, 0.3) is 0 Å². The van der Waals surface area contributed by atoms with Gasteiger partial charge in [-0.2, -0.15) is 5.26 Å². The van der Waals surface area contributed by atoms with Crippen LogP contribution in [0.4, 0.5) is 9.59 Å². The SMILES string of the molecule is CC(C)(C)OC(=O)n1cc(-c2ccncc2)cc1CNC(=O)NC#N. The molecule has 0 spiro atoms. The number of carbonyl (C=O) groups is 2. The highest BCUT2D eigenvalue weighted by Gasteiger charge is 2.21. The van der Waals surface area contributed by atoms with Crippen molar-refractivity contribution in [3.8, 4) is 17.3 Å². The molecule has 0 bridgehead atoms. The van der Waals surface area contributed by atoms with Crippen LogP contribution in [0.1, 0.15) is 26.5 Å². The average molecular weight is 341 g/mol. The first-order chi connectivity index (χ1) is 11.8. The summed E-state index contributed by atoms with van der Waals surface area (Å²) in [5.41, 5.74) is 1.53. The maximum absolute atomic E-state index is 12.4. The summed E-state index contributed by atoms with van der Waals surface area (Å²) in [6, 6.07) is 4.75. The van der Waals surface area contributed by atoms with Crippen molar-refractivity contribution >= 4 is 12.1 Å². The molecular weight excluding hydrogens is 322 g/mol. The van der Waals surface area contributed by atoms with E-state index in [-0.39, 0.29) is 6.54 Å². The first-order valence-electron chi connectivity index (χ1n) is 7.58. The van der Waals surface area contributed by atoms with Crippen LogP contribution in [0.15, 0.2) is 36.8 Å². The van der Waals surface area contributed by atoms with Crippen LogP contribution in [-0.2, 0) is 11.3 Å². The van der Waals surface area contributed by atoms with Gasteiger partial charge in [-0.15, -0.1) is 0 Å². The molecule has 0 saturated heterocycles. The van der Waals surface area contributed by atoms with E-state index in [1.165, 1.54) is 10.8 Å². The number of carbonyl (C=O) groups excluding carboxylic acids is 2. The van der Waals surface area contributed by atoms with Gasteiger partial charge in [-0.05, 0) is 44.5 Å². The van der Waals surface area contributed by atoms with Gasteiger partial charge in [0.1, 0.15) is 5.60 Å². The number of rotatable bonds is 3. The normalized spacial score (nSPS) is 10.6. The molecule has 0 aliphatic carbocycles. The summed E-state index contributed by atoms with van der Waals surface area (Å²) < 4.78 is 6.74. The second-order valence-corrected chi connectivity index (χ2v) is 6.23. The van der Waals surface area contributed by atoms with Crippen molar-refractivity contribution in [2.45, 2.75) is 32.9 Å². The fraction of sp³-hybridized carbons (Fsp3) is 0.294. The largest absolute Gasteiger partial charge is 0.443 e. The minimum atomic E-state index is -0.652. The van der Waals surface area contributed by atoms with Crippen LogP contribution in [0.25, 0.3) is 11.1 Å². The lowest BCUT2D eigenvalue weighted by molar-refractivity contribution is 0.0532. The summed E-state index contributed by atoms with van der Waals surface area (Å²) in [4.78, 5) is 27.8. The molecule has 2 heterocycles. The second kappa shape index (κ2) is 7.49. The summed E-state index contributed by atoms with van der Waals surface area (Å²) in [5, 5.41) is 12.9. The van der Waals surface area contributed by atoms with Crippen molar-refractivity contribution in [2.24, 2.45) is 0 Å². The first kappa shape index (κ1) is 18.0. The molecular formula is C17H19N5O3. The fourth-order valence-electron chi connectivity index (χ4n) is 2.09. The minimum Gasteiger partial charge on any atom is -0.443 e. The van der Waals surface area contributed by atoms with Crippen molar-refractivity contribution < 1.29 is 14.3 Å². The fourth-order valence-corrected chi connectivity index (χ4v) is 2.09. The van der Waals surface area contributed by atoms with E-state index in [0.29, 0.717) is 5.69 Å². The molecule has 2 aromatic rings. The molecule has 25 heavy (non-hydrogen) atoms. The van der Waals surface area contributed by atoms with Gasteiger partial charge in [0, 0.05) is 29.8 Å². The Labute approximate surface area is 145 Å². The number of ether oxygens (including phenoxy) is 1. The number of amides is 2. The topological polar surface area (TPSA) is 109 Å². The Morgan fingerprint density at radius 3 is 2.56 bits per heavy atom. The third-order valence-corrected chi connectivity index (χ3v) is 3.10. The third-order valence-electron chi connectivity index (χ3n) is 3.10. The maximum Gasteiger partial charge on any atom is 0.418 e. The molecule has 0 atom stereocenters. The molecule has 2 N–H and O–H groups in total. The Balaban J connectivity index is 2.31. The molecule has 0 unspecified atom stereocenters. The van der Waals surface area contributed by atoms with Gasteiger partial charge in [-0.1, -0.05) is 0 Å². The molecule has 8 nitrogen and oxygen atoms in total. The molecule has 0 fully saturated rings. The number of nitrogens with one attached hydrogen (secondary N) is 2. The Hall–Kier alpha value is -3.34. The number of hydrogen-bond acceptors (Lipinski definition) is 5. The van der Waals surface area contributed by atoms with Crippen molar-refractivity contribution in [1.29, 1.82) is 5.26 Å². The highest BCUT2D eigenvalue weighted by Crippen LogP contribution is 2.23. The zero-order valence-corrected chi connectivity index (χ0v) is 14.2. The first-order valence-corrected chi connectivity index (χ1v) is 7.58. The van der Waals surface area contributed by atoms with Gasteiger partial charge >= 0.3 is 12.1 Å². The van der Waals surface area contributed by atoms with Crippen LogP contribution in [0.2, 0.25) is 0 Å². The van der Waals surface area contributed by atoms with E-state index >= 15 is 0 Å². The highest BCUT2D eigenvalue weighted by atomic mass is 16.6. The number of nitrogens with zero attached hydrogens (tertiary/aromatic N) is 3. The molecule has 0 saturated carbocycles. The third kappa shape index (κ3) is 5.07. The Bertz CT molecular complexity index is 800. The number of aromatic nitrogens is 2. The second-order valence-electron chi connectivity index (χ2n) is 6.23. The van der Waals surface area contributed by atoms with Crippen LogP contribution >= 0.6 is 0 Å². The Kier molecular flexibility index (Phi) is 5.39. The quantitative estimate of drug-likeness (QED) is 0.659. The predicted molar refractivity (Wildman–Crippen MR) is 90.3 cm³/mol. The van der Waals surface area contributed by atoms with Crippen LogP contribution in [0.3, 0.4) is 0 Å². The van der Waals surface area contributed by atoms with Gasteiger partial charge in [0.05, 0.1) is 6.54 Å². The zero-order chi connectivity index (χ0) is 18.4. The minimum absolute atomic E-state index is 0.0534. The standard InChI is InChI=1S/C17H19N5O3/c1-17(2,3)25-16(24)22-10-13(12-4-6-19-7-5-12)8-14(22)9-20-15(23)21-11-18/h4-8,10H,9H2,1-3H3,(H2,20,21,23). The molecule has 0 aromatic carbocycles. The van der Waals surface area contributed by atoms with Gasteiger partial charge < -0.3 is 10.1 Å². The summed E-state index contributed by atoms with van der Waals surface area (Å²) in [7, 11) is 0. The number of urea groups is 1. The Morgan fingerprint density at radius 1 is 1.28 bits per heavy atom. The van der Waals surface area contributed by atoms with E-state index in [9.17, 15) is 9.59 Å². The molecule has 2 aromatic heterocycles. The van der Waals surface area contributed by atoms with E-state index in [2.05, 4.69) is 10.3 Å². The van der Waals surface area contributed by atoms with E-state index < -0.39 is 17.7 Å². The summed E-state index contributed by atoms with van der Waals surface area (Å²) >= 11 is 0. The summed E-state index contributed by atoms with van der Waals surface area (Å²) in [6.45, 7) is 5.38. The Morgan fingerprint density at radius 2 is 1.96 bits per heavy atom. The molecule has 130 valence electrons. The lowest BCUT2D eigenvalue weighted by Gasteiger charge is -2.20. The van der Waals surface area contributed by atoms with Gasteiger partial charge in [0.2, 0.25) is 0 Å². The van der Waals surface area contributed by atoms with Crippen molar-refractivity contribution in [1.82, 2.24) is 20.2 Å². The molecule has 0 aliphatic rings. The maximum atomic E-state index is 12.4. The predicted octanol–water partition coefficient (Wildman–Crippen LogP) is 2.61. The number of hydrogen-bond donors (Lipinski definition) is 2. The van der Waals surface area contributed by atoms with Crippen molar-refractivity contribution in [3.05, 3.63) is 42.5 Å². The van der Waals surface area contributed by atoms with Gasteiger partial charge in [-0.25, -0.2) is 14.9 Å². The number of nitriles is 1. The van der Waals surface area contributed by atoms with Gasteiger partial charge in [-0.3, -0.25) is 9.55 Å². The lowest BCUT2D eigenvalue weighted by atomic mass is 10.1. The van der Waals surface area contributed by atoms with Crippen molar-refractivity contribution in [3.63, 3.8) is 0 Å². The van der Waals surface area contributed by atoms with Crippen LogP contribution in [-0.4, -0.2) is 27.3 Å². The van der Waals surface area contributed by atoms with Crippen LogP contribution < -0.4 is 10.6 Å². The van der Waals surface area contributed by atoms with E-state index in [1.54, 1.807) is 45.4 Å². The van der Waals surface area contributed by atoms with Gasteiger partial charge in [0.15, 0.2) is 6.19 Å². The van der Waals surface area contributed by atoms with E-state index in [0.717, 1.165) is 11.1 Å². The summed E-state index contributed by atoms with van der Waals surface area (Å²) in [5.74, 6) is 0.